The van der Waals surface area contributed by atoms with Crippen LogP contribution in [-0.2, 0) is 9.53 Å². The van der Waals surface area contributed by atoms with Gasteiger partial charge in [0.2, 0.25) is 5.91 Å². The maximum Gasteiger partial charge on any atom is 0.243 e. The lowest BCUT2D eigenvalue weighted by Gasteiger charge is -2.45. The molecule has 2 rings (SSSR count). The molecule has 0 atom stereocenters. The van der Waals surface area contributed by atoms with Crippen molar-refractivity contribution in [2.45, 2.75) is 38.3 Å². The molecule has 0 saturated heterocycles. The van der Waals surface area contributed by atoms with Crippen LogP contribution in [0.1, 0.15) is 25.3 Å². The first-order valence-electron chi connectivity index (χ1n) is 6.32. The van der Waals surface area contributed by atoms with Crippen molar-refractivity contribution in [1.29, 1.82) is 0 Å². The third-order valence-corrected chi connectivity index (χ3v) is 3.43. The smallest absolute Gasteiger partial charge is 0.243 e. The molecule has 98 valence electrons. The Kier molecular flexibility index (Phi) is 3.57. The Hall–Kier alpha value is -1.55. The predicted octanol–water partition coefficient (Wildman–Crippen LogP) is 1.83. The fourth-order valence-corrected chi connectivity index (χ4v) is 2.44. The van der Waals surface area contributed by atoms with Crippen LogP contribution in [0.3, 0.4) is 0 Å². The largest absolute Gasteiger partial charge is 0.378 e. The zero-order chi connectivity index (χ0) is 13.2. The summed E-state index contributed by atoms with van der Waals surface area (Å²) in [5.41, 5.74) is 6.96. The van der Waals surface area contributed by atoms with Crippen LogP contribution in [0.15, 0.2) is 24.3 Å². The normalized spacial score (nSPS) is 26.4. The lowest BCUT2D eigenvalue weighted by atomic mass is 9.73. The molecule has 1 saturated carbocycles. The number of carbonyl (C=O) groups is 1. The summed E-state index contributed by atoms with van der Waals surface area (Å²) in [5, 5.41) is 3.27. The van der Waals surface area contributed by atoms with Gasteiger partial charge in [-0.3, -0.25) is 4.79 Å². The van der Waals surface area contributed by atoms with E-state index in [2.05, 4.69) is 5.32 Å². The molecule has 1 amide bonds. The third kappa shape index (κ3) is 2.48. The van der Waals surface area contributed by atoms with Gasteiger partial charge >= 0.3 is 0 Å². The summed E-state index contributed by atoms with van der Waals surface area (Å²) in [6, 6.07) is 7.95. The minimum absolute atomic E-state index is 0.139. The molecule has 18 heavy (non-hydrogen) atoms. The first-order chi connectivity index (χ1) is 8.55. The van der Waals surface area contributed by atoms with Crippen LogP contribution >= 0.6 is 0 Å². The van der Waals surface area contributed by atoms with Gasteiger partial charge in [0.1, 0.15) is 5.54 Å². The molecular weight excluding hydrogens is 228 g/mol. The van der Waals surface area contributed by atoms with E-state index < -0.39 is 5.54 Å². The van der Waals surface area contributed by atoms with Crippen molar-refractivity contribution in [1.82, 2.24) is 0 Å². The zero-order valence-electron chi connectivity index (χ0n) is 10.9. The van der Waals surface area contributed by atoms with E-state index in [4.69, 9.17) is 10.5 Å². The van der Waals surface area contributed by atoms with Crippen molar-refractivity contribution in [3.63, 3.8) is 0 Å². The molecule has 1 fully saturated rings. The van der Waals surface area contributed by atoms with E-state index >= 15 is 0 Å². The highest BCUT2D eigenvalue weighted by molar-refractivity contribution is 5.89. The molecule has 0 radical (unpaired) electrons. The molecule has 0 aliphatic heterocycles. The SMILES string of the molecule is CCOC1CC(Nc2cccc(C)c2)(C(N)=O)C1. The molecule has 3 N–H and O–H groups in total. The van der Waals surface area contributed by atoms with E-state index in [0.29, 0.717) is 19.4 Å². The Morgan fingerprint density at radius 1 is 1.56 bits per heavy atom. The number of anilines is 1. The lowest BCUT2D eigenvalue weighted by molar-refractivity contribution is -0.131. The number of nitrogens with two attached hydrogens (primary N) is 1. The maximum atomic E-state index is 11.6. The van der Waals surface area contributed by atoms with Gasteiger partial charge in [-0.05, 0) is 31.5 Å². The number of hydrogen-bond acceptors (Lipinski definition) is 3. The van der Waals surface area contributed by atoms with Crippen LogP contribution in [0, 0.1) is 6.92 Å². The van der Waals surface area contributed by atoms with Crippen molar-refractivity contribution in [2.75, 3.05) is 11.9 Å². The number of ether oxygens (including phenoxy) is 1. The van der Waals surface area contributed by atoms with Crippen LogP contribution in [-0.4, -0.2) is 24.2 Å². The number of amides is 1. The minimum atomic E-state index is -0.645. The molecule has 0 spiro atoms. The van der Waals surface area contributed by atoms with Crippen LogP contribution in [0.2, 0.25) is 0 Å². The highest BCUT2D eigenvalue weighted by Crippen LogP contribution is 2.37. The first-order valence-corrected chi connectivity index (χ1v) is 6.32. The molecular formula is C14H20N2O2. The van der Waals surface area contributed by atoms with E-state index in [1.807, 2.05) is 38.1 Å². The molecule has 0 bridgehead atoms. The van der Waals surface area contributed by atoms with Crippen LogP contribution in [0.4, 0.5) is 5.69 Å². The molecule has 1 aromatic carbocycles. The molecule has 1 aliphatic rings. The molecule has 0 heterocycles. The molecule has 4 nitrogen and oxygen atoms in total. The number of hydrogen-bond donors (Lipinski definition) is 2. The summed E-state index contributed by atoms with van der Waals surface area (Å²) in [4.78, 5) is 11.6. The van der Waals surface area contributed by atoms with E-state index in [-0.39, 0.29) is 12.0 Å². The van der Waals surface area contributed by atoms with Gasteiger partial charge < -0.3 is 15.8 Å². The van der Waals surface area contributed by atoms with Gasteiger partial charge in [0.25, 0.3) is 0 Å². The standard InChI is InChI=1S/C14H20N2O2/c1-3-18-12-8-14(9-12,13(15)17)16-11-6-4-5-10(2)7-11/h4-7,12,16H,3,8-9H2,1-2H3,(H2,15,17). The molecule has 0 aromatic heterocycles. The van der Waals surface area contributed by atoms with E-state index in [1.165, 1.54) is 0 Å². The van der Waals surface area contributed by atoms with Crippen molar-refractivity contribution in [2.24, 2.45) is 5.73 Å². The van der Waals surface area contributed by atoms with Gasteiger partial charge in [0, 0.05) is 25.1 Å². The van der Waals surface area contributed by atoms with E-state index in [0.717, 1.165) is 11.3 Å². The summed E-state index contributed by atoms with van der Waals surface area (Å²) in [6.07, 6.45) is 1.42. The van der Waals surface area contributed by atoms with E-state index in [9.17, 15) is 4.79 Å². The average molecular weight is 248 g/mol. The Labute approximate surface area is 108 Å². The van der Waals surface area contributed by atoms with Crippen LogP contribution in [0.5, 0.6) is 0 Å². The molecule has 4 heteroatoms. The fraction of sp³-hybridized carbons (Fsp3) is 0.500. The van der Waals surface area contributed by atoms with Crippen molar-refractivity contribution in [3.8, 4) is 0 Å². The zero-order valence-corrected chi connectivity index (χ0v) is 10.9. The highest BCUT2D eigenvalue weighted by atomic mass is 16.5. The van der Waals surface area contributed by atoms with Crippen LogP contribution in [0.25, 0.3) is 0 Å². The summed E-state index contributed by atoms with van der Waals surface area (Å²) < 4.78 is 5.50. The lowest BCUT2D eigenvalue weighted by Crippen LogP contribution is -2.61. The predicted molar refractivity (Wildman–Crippen MR) is 71.4 cm³/mol. The maximum absolute atomic E-state index is 11.6. The summed E-state index contributed by atoms with van der Waals surface area (Å²) in [5.74, 6) is -0.306. The monoisotopic (exact) mass is 248 g/mol. The van der Waals surface area contributed by atoms with Crippen molar-refractivity contribution >= 4 is 11.6 Å². The minimum Gasteiger partial charge on any atom is -0.378 e. The van der Waals surface area contributed by atoms with Gasteiger partial charge in [0.05, 0.1) is 6.10 Å². The highest BCUT2D eigenvalue weighted by Gasteiger charge is 2.49. The number of primary amides is 1. The van der Waals surface area contributed by atoms with E-state index in [1.54, 1.807) is 0 Å². The Morgan fingerprint density at radius 2 is 2.28 bits per heavy atom. The molecule has 1 aromatic rings. The van der Waals surface area contributed by atoms with Crippen molar-refractivity contribution in [3.05, 3.63) is 29.8 Å². The van der Waals surface area contributed by atoms with Gasteiger partial charge in [0.15, 0.2) is 0 Å². The van der Waals surface area contributed by atoms with Crippen LogP contribution < -0.4 is 11.1 Å². The summed E-state index contributed by atoms with van der Waals surface area (Å²) in [6.45, 7) is 4.65. The van der Waals surface area contributed by atoms with Crippen molar-refractivity contribution < 1.29 is 9.53 Å². The Morgan fingerprint density at radius 3 is 2.83 bits per heavy atom. The van der Waals surface area contributed by atoms with Gasteiger partial charge in [-0.2, -0.15) is 0 Å². The number of carbonyl (C=O) groups excluding carboxylic acids is 1. The van der Waals surface area contributed by atoms with Gasteiger partial charge in [-0.1, -0.05) is 12.1 Å². The number of nitrogens with one attached hydrogen (secondary N) is 1. The second-order valence-corrected chi connectivity index (χ2v) is 4.93. The summed E-state index contributed by atoms with van der Waals surface area (Å²) in [7, 11) is 0. The number of aryl methyl sites for hydroxylation is 1. The number of rotatable bonds is 5. The van der Waals surface area contributed by atoms with Gasteiger partial charge in [-0.25, -0.2) is 0 Å². The quantitative estimate of drug-likeness (QED) is 0.835. The topological polar surface area (TPSA) is 64.3 Å². The Bertz CT molecular complexity index is 439. The fourth-order valence-electron chi connectivity index (χ4n) is 2.44. The third-order valence-electron chi connectivity index (χ3n) is 3.43. The molecule has 0 unspecified atom stereocenters. The second-order valence-electron chi connectivity index (χ2n) is 4.93. The second kappa shape index (κ2) is 4.98. The molecule has 1 aliphatic carbocycles. The first kappa shape index (κ1) is 12.9. The number of benzene rings is 1. The van der Waals surface area contributed by atoms with Gasteiger partial charge in [-0.15, -0.1) is 0 Å². The Balaban J connectivity index is 2.07. The summed E-state index contributed by atoms with van der Waals surface area (Å²) >= 11 is 0. The average Bonchev–Trinajstić information content (AvgIpc) is 2.25.